The van der Waals surface area contributed by atoms with Crippen molar-refractivity contribution < 1.29 is 4.79 Å². The fourth-order valence-electron chi connectivity index (χ4n) is 2.07. The van der Waals surface area contributed by atoms with E-state index in [-0.39, 0.29) is 5.91 Å². The van der Waals surface area contributed by atoms with Crippen molar-refractivity contribution in [2.75, 3.05) is 0 Å². The summed E-state index contributed by atoms with van der Waals surface area (Å²) in [5.74, 6) is -0.175. The van der Waals surface area contributed by atoms with Crippen LogP contribution in [-0.2, 0) is 6.54 Å². The van der Waals surface area contributed by atoms with Crippen molar-refractivity contribution in [3.05, 3.63) is 72.2 Å². The van der Waals surface area contributed by atoms with E-state index in [1.54, 1.807) is 30.6 Å². The number of hydrogen-bond acceptors (Lipinski definition) is 3. The Labute approximate surface area is 116 Å². The third-order valence-corrected chi connectivity index (χ3v) is 3.08. The summed E-state index contributed by atoms with van der Waals surface area (Å²) in [4.78, 5) is 20.3. The van der Waals surface area contributed by atoms with Gasteiger partial charge >= 0.3 is 0 Å². The van der Waals surface area contributed by atoms with Gasteiger partial charge in [-0.1, -0.05) is 24.3 Å². The highest BCUT2D eigenvalue weighted by molar-refractivity contribution is 5.92. The molecule has 0 saturated carbocycles. The van der Waals surface area contributed by atoms with E-state index in [9.17, 15) is 4.79 Å². The minimum atomic E-state index is -0.175. The van der Waals surface area contributed by atoms with Gasteiger partial charge in [0, 0.05) is 24.3 Å². The number of amides is 1. The SMILES string of the molecule is O=C(NCc1ccnc2ccccc12)c1ccccn1. The van der Waals surface area contributed by atoms with Crippen LogP contribution in [0.5, 0.6) is 0 Å². The maximum absolute atomic E-state index is 12.0. The van der Waals surface area contributed by atoms with E-state index < -0.39 is 0 Å². The average molecular weight is 263 g/mol. The van der Waals surface area contributed by atoms with Crippen LogP contribution in [0, 0.1) is 0 Å². The summed E-state index contributed by atoms with van der Waals surface area (Å²) in [6.45, 7) is 0.457. The van der Waals surface area contributed by atoms with E-state index in [2.05, 4.69) is 15.3 Å². The number of carbonyl (C=O) groups excluding carboxylic acids is 1. The smallest absolute Gasteiger partial charge is 0.270 e. The summed E-state index contributed by atoms with van der Waals surface area (Å²) in [5, 5.41) is 3.93. The van der Waals surface area contributed by atoms with Crippen LogP contribution in [-0.4, -0.2) is 15.9 Å². The van der Waals surface area contributed by atoms with Crippen LogP contribution in [0.4, 0.5) is 0 Å². The van der Waals surface area contributed by atoms with Gasteiger partial charge in [-0.25, -0.2) is 0 Å². The summed E-state index contributed by atoms with van der Waals surface area (Å²) in [6, 6.07) is 15.1. The normalized spacial score (nSPS) is 10.4. The highest BCUT2D eigenvalue weighted by Gasteiger charge is 2.07. The fraction of sp³-hybridized carbons (Fsp3) is 0.0625. The Hall–Kier alpha value is -2.75. The summed E-state index contributed by atoms with van der Waals surface area (Å²) in [6.07, 6.45) is 3.36. The quantitative estimate of drug-likeness (QED) is 0.790. The predicted octanol–water partition coefficient (Wildman–Crippen LogP) is 2.56. The maximum Gasteiger partial charge on any atom is 0.270 e. The molecule has 1 aromatic carbocycles. The molecule has 0 aliphatic carbocycles. The lowest BCUT2D eigenvalue weighted by molar-refractivity contribution is 0.0946. The first kappa shape index (κ1) is 12.3. The van der Waals surface area contributed by atoms with E-state index in [1.165, 1.54) is 0 Å². The van der Waals surface area contributed by atoms with Gasteiger partial charge in [0.15, 0.2) is 0 Å². The first-order valence-corrected chi connectivity index (χ1v) is 6.36. The van der Waals surface area contributed by atoms with Gasteiger partial charge in [-0.05, 0) is 29.8 Å². The van der Waals surface area contributed by atoms with Gasteiger partial charge in [0.25, 0.3) is 5.91 Å². The lowest BCUT2D eigenvalue weighted by Crippen LogP contribution is -2.23. The lowest BCUT2D eigenvalue weighted by atomic mass is 10.1. The van der Waals surface area contributed by atoms with Crippen LogP contribution >= 0.6 is 0 Å². The molecular formula is C16H13N3O. The summed E-state index contributed by atoms with van der Waals surface area (Å²) < 4.78 is 0. The van der Waals surface area contributed by atoms with Gasteiger partial charge in [-0.15, -0.1) is 0 Å². The second kappa shape index (κ2) is 5.48. The number of pyridine rings is 2. The largest absolute Gasteiger partial charge is 0.347 e. The molecule has 0 radical (unpaired) electrons. The molecule has 0 unspecified atom stereocenters. The number of nitrogens with zero attached hydrogens (tertiary/aromatic N) is 2. The topological polar surface area (TPSA) is 54.9 Å². The Morgan fingerprint density at radius 3 is 2.65 bits per heavy atom. The zero-order chi connectivity index (χ0) is 13.8. The molecule has 0 spiro atoms. The van der Waals surface area contributed by atoms with Crippen molar-refractivity contribution in [3.8, 4) is 0 Å². The molecule has 0 aliphatic rings. The number of rotatable bonds is 3. The second-order valence-corrected chi connectivity index (χ2v) is 4.38. The van der Waals surface area contributed by atoms with Crippen LogP contribution < -0.4 is 5.32 Å². The molecule has 2 aromatic heterocycles. The standard InChI is InChI=1S/C16H13N3O/c20-16(15-7-3-4-9-17-15)19-11-12-8-10-18-14-6-2-1-5-13(12)14/h1-10H,11H2,(H,19,20). The predicted molar refractivity (Wildman–Crippen MR) is 77.2 cm³/mol. The van der Waals surface area contributed by atoms with Crippen LogP contribution in [0.25, 0.3) is 10.9 Å². The number of para-hydroxylation sites is 1. The molecule has 1 amide bonds. The Morgan fingerprint density at radius 1 is 0.950 bits per heavy atom. The molecule has 3 aromatic rings. The molecule has 98 valence electrons. The van der Waals surface area contributed by atoms with Crippen LogP contribution in [0.3, 0.4) is 0 Å². The van der Waals surface area contributed by atoms with Crippen molar-refractivity contribution in [3.63, 3.8) is 0 Å². The van der Waals surface area contributed by atoms with E-state index in [0.717, 1.165) is 16.5 Å². The number of hydrogen-bond donors (Lipinski definition) is 1. The molecule has 4 heteroatoms. The van der Waals surface area contributed by atoms with E-state index >= 15 is 0 Å². The molecule has 0 fully saturated rings. The molecular weight excluding hydrogens is 250 g/mol. The summed E-state index contributed by atoms with van der Waals surface area (Å²) in [5.41, 5.74) is 2.39. The molecule has 0 saturated heterocycles. The molecule has 2 heterocycles. The summed E-state index contributed by atoms with van der Waals surface area (Å²) >= 11 is 0. The summed E-state index contributed by atoms with van der Waals surface area (Å²) in [7, 11) is 0. The van der Waals surface area contributed by atoms with Crippen molar-refractivity contribution >= 4 is 16.8 Å². The van der Waals surface area contributed by atoms with Crippen molar-refractivity contribution in [2.24, 2.45) is 0 Å². The van der Waals surface area contributed by atoms with Gasteiger partial charge in [0.1, 0.15) is 5.69 Å². The van der Waals surface area contributed by atoms with E-state index in [4.69, 9.17) is 0 Å². The van der Waals surface area contributed by atoms with E-state index in [0.29, 0.717) is 12.2 Å². The minimum Gasteiger partial charge on any atom is -0.347 e. The van der Waals surface area contributed by atoms with Gasteiger partial charge in [0.05, 0.1) is 5.52 Å². The third kappa shape index (κ3) is 2.49. The fourth-order valence-corrected chi connectivity index (χ4v) is 2.07. The van der Waals surface area contributed by atoms with Crippen molar-refractivity contribution in [1.29, 1.82) is 0 Å². The van der Waals surface area contributed by atoms with Gasteiger partial charge in [-0.3, -0.25) is 14.8 Å². The van der Waals surface area contributed by atoms with E-state index in [1.807, 2.05) is 30.3 Å². The molecule has 0 bridgehead atoms. The zero-order valence-corrected chi connectivity index (χ0v) is 10.8. The minimum absolute atomic E-state index is 0.175. The Bertz CT molecular complexity index is 736. The van der Waals surface area contributed by atoms with Crippen molar-refractivity contribution in [2.45, 2.75) is 6.54 Å². The molecule has 0 aliphatic heterocycles. The Morgan fingerprint density at radius 2 is 1.80 bits per heavy atom. The third-order valence-electron chi connectivity index (χ3n) is 3.08. The second-order valence-electron chi connectivity index (χ2n) is 4.38. The average Bonchev–Trinajstić information content (AvgIpc) is 2.53. The first-order valence-electron chi connectivity index (χ1n) is 6.36. The van der Waals surface area contributed by atoms with Crippen LogP contribution in [0.2, 0.25) is 0 Å². The number of fused-ring (bicyclic) bond motifs is 1. The van der Waals surface area contributed by atoms with Crippen molar-refractivity contribution in [1.82, 2.24) is 15.3 Å². The molecule has 0 atom stereocenters. The van der Waals surface area contributed by atoms with Crippen LogP contribution in [0.1, 0.15) is 16.1 Å². The number of carbonyl (C=O) groups is 1. The first-order chi connectivity index (χ1) is 9.84. The monoisotopic (exact) mass is 263 g/mol. The van der Waals surface area contributed by atoms with Gasteiger partial charge in [0.2, 0.25) is 0 Å². The number of nitrogens with one attached hydrogen (secondary N) is 1. The molecule has 4 nitrogen and oxygen atoms in total. The van der Waals surface area contributed by atoms with Crippen LogP contribution in [0.15, 0.2) is 60.9 Å². The number of aromatic nitrogens is 2. The zero-order valence-electron chi connectivity index (χ0n) is 10.8. The van der Waals surface area contributed by atoms with Gasteiger partial charge in [-0.2, -0.15) is 0 Å². The molecule has 1 N–H and O–H groups in total. The highest BCUT2D eigenvalue weighted by Crippen LogP contribution is 2.15. The maximum atomic E-state index is 12.0. The molecule has 20 heavy (non-hydrogen) atoms. The lowest BCUT2D eigenvalue weighted by Gasteiger charge is -2.07. The molecule has 3 rings (SSSR count). The Balaban J connectivity index is 1.79. The Kier molecular flexibility index (Phi) is 3.37. The number of benzene rings is 1. The van der Waals surface area contributed by atoms with Gasteiger partial charge < -0.3 is 5.32 Å². The highest BCUT2D eigenvalue weighted by atomic mass is 16.1.